The number of hydrogen-bond acceptors (Lipinski definition) is 4. The minimum atomic E-state index is -0.399. The molecule has 0 saturated heterocycles. The lowest BCUT2D eigenvalue weighted by atomic mass is 10.2. The van der Waals surface area contributed by atoms with Gasteiger partial charge < -0.3 is 16.4 Å². The van der Waals surface area contributed by atoms with E-state index < -0.39 is 5.91 Å². The molecule has 4 N–H and O–H groups in total. The van der Waals surface area contributed by atoms with Crippen molar-refractivity contribution in [2.75, 3.05) is 16.4 Å². The third-order valence-electron chi connectivity index (χ3n) is 2.82. The van der Waals surface area contributed by atoms with Gasteiger partial charge in [0.25, 0.3) is 5.91 Å². The lowest BCUT2D eigenvalue weighted by molar-refractivity contribution is -0.115. The van der Waals surface area contributed by atoms with E-state index in [1.807, 2.05) is 0 Å². The molecule has 0 saturated carbocycles. The minimum Gasteiger partial charge on any atom is -0.399 e. The fraction of sp³-hybridized carbons (Fsp3) is 0.0625. The molecule has 0 spiro atoms. The summed E-state index contributed by atoms with van der Waals surface area (Å²) < 4.78 is 0. The van der Waals surface area contributed by atoms with Crippen LogP contribution in [0.15, 0.2) is 48.5 Å². The molecule has 0 aliphatic heterocycles. The molecule has 22 heavy (non-hydrogen) atoms. The number of nitrogens with two attached hydrogens (primary N) is 1. The second-order valence-corrected chi connectivity index (χ2v) is 4.54. The normalized spacial score (nSPS) is 9.59. The highest BCUT2D eigenvalue weighted by atomic mass is 16.2. The first-order valence-electron chi connectivity index (χ1n) is 6.52. The average Bonchev–Trinajstić information content (AvgIpc) is 2.48. The van der Waals surface area contributed by atoms with E-state index in [1.54, 1.807) is 54.6 Å². The van der Waals surface area contributed by atoms with Gasteiger partial charge in [-0.05, 0) is 42.5 Å². The number of carbonyl (C=O) groups is 2. The second kappa shape index (κ2) is 6.90. The largest absolute Gasteiger partial charge is 0.399 e. The van der Waals surface area contributed by atoms with Gasteiger partial charge in [0, 0.05) is 22.6 Å². The first-order chi connectivity index (χ1) is 10.6. The fourth-order valence-corrected chi connectivity index (χ4v) is 1.79. The molecule has 2 amide bonds. The Hall–Kier alpha value is -3.33. The Morgan fingerprint density at radius 2 is 1.68 bits per heavy atom. The maximum atomic E-state index is 12.1. The molecule has 6 nitrogen and oxygen atoms in total. The Kier molecular flexibility index (Phi) is 4.73. The molecule has 2 aromatic rings. The summed E-state index contributed by atoms with van der Waals surface area (Å²) in [5.74, 6) is -0.676. The fourth-order valence-electron chi connectivity index (χ4n) is 1.79. The third-order valence-corrected chi connectivity index (χ3v) is 2.82. The van der Waals surface area contributed by atoms with Crippen molar-refractivity contribution in [1.82, 2.24) is 0 Å². The van der Waals surface area contributed by atoms with Gasteiger partial charge in [-0.25, -0.2) is 0 Å². The number of hydrogen-bond donors (Lipinski definition) is 3. The molecule has 0 heterocycles. The molecule has 0 aliphatic carbocycles. The zero-order valence-corrected chi connectivity index (χ0v) is 11.7. The van der Waals surface area contributed by atoms with Crippen molar-refractivity contribution in [3.8, 4) is 6.07 Å². The molecule has 0 radical (unpaired) electrons. The molecule has 2 aromatic carbocycles. The molecule has 0 fully saturated rings. The van der Waals surface area contributed by atoms with E-state index in [1.165, 1.54) is 0 Å². The van der Waals surface area contributed by atoms with Gasteiger partial charge in [-0.1, -0.05) is 6.07 Å². The lowest BCUT2D eigenvalue weighted by Gasteiger charge is -2.08. The van der Waals surface area contributed by atoms with Crippen LogP contribution in [0.3, 0.4) is 0 Å². The number of nitrogens with one attached hydrogen (secondary N) is 2. The maximum Gasteiger partial charge on any atom is 0.255 e. The number of benzene rings is 2. The highest BCUT2D eigenvalue weighted by Gasteiger charge is 2.07. The van der Waals surface area contributed by atoms with Crippen molar-refractivity contribution >= 4 is 28.9 Å². The summed E-state index contributed by atoms with van der Waals surface area (Å²) in [6, 6.07) is 15.0. The zero-order valence-electron chi connectivity index (χ0n) is 11.7. The third kappa shape index (κ3) is 4.08. The van der Waals surface area contributed by atoms with Gasteiger partial charge in [0.2, 0.25) is 5.91 Å². The predicted octanol–water partition coefficient (Wildman–Crippen LogP) is 2.37. The molecule has 2 rings (SSSR count). The zero-order chi connectivity index (χ0) is 15.9. The number of carbonyl (C=O) groups excluding carboxylic acids is 2. The summed E-state index contributed by atoms with van der Waals surface area (Å²) in [7, 11) is 0. The van der Waals surface area contributed by atoms with Crippen molar-refractivity contribution < 1.29 is 9.59 Å². The second-order valence-electron chi connectivity index (χ2n) is 4.54. The Balaban J connectivity index is 2.07. The van der Waals surface area contributed by atoms with Crippen LogP contribution in [0.25, 0.3) is 0 Å². The van der Waals surface area contributed by atoms with E-state index in [2.05, 4.69) is 10.6 Å². The van der Waals surface area contributed by atoms with Crippen molar-refractivity contribution in [2.45, 2.75) is 6.42 Å². The van der Waals surface area contributed by atoms with E-state index in [0.29, 0.717) is 22.6 Å². The summed E-state index contributed by atoms with van der Waals surface area (Å²) in [4.78, 5) is 23.4. The van der Waals surface area contributed by atoms with Gasteiger partial charge >= 0.3 is 0 Å². The average molecular weight is 294 g/mol. The summed E-state index contributed by atoms with van der Waals surface area (Å²) >= 11 is 0. The van der Waals surface area contributed by atoms with Crippen molar-refractivity contribution in [2.24, 2.45) is 0 Å². The molecule has 0 aromatic heterocycles. The number of nitriles is 1. The Bertz CT molecular complexity index is 733. The van der Waals surface area contributed by atoms with Gasteiger partial charge in [0.15, 0.2) is 0 Å². The van der Waals surface area contributed by atoms with Crippen LogP contribution in [-0.2, 0) is 4.79 Å². The summed E-state index contributed by atoms with van der Waals surface area (Å²) in [5.41, 5.74) is 7.69. The van der Waals surface area contributed by atoms with E-state index in [0.717, 1.165) is 0 Å². The SMILES string of the molecule is N#CCC(=O)Nc1cccc(NC(=O)c2ccc(N)cc2)c1. The predicted molar refractivity (Wildman–Crippen MR) is 84.1 cm³/mol. The van der Waals surface area contributed by atoms with Crippen LogP contribution in [-0.4, -0.2) is 11.8 Å². The van der Waals surface area contributed by atoms with Crippen LogP contribution in [0.2, 0.25) is 0 Å². The van der Waals surface area contributed by atoms with Gasteiger partial charge in [0.05, 0.1) is 6.07 Å². The first kappa shape index (κ1) is 15.1. The van der Waals surface area contributed by atoms with Crippen LogP contribution in [0.1, 0.15) is 16.8 Å². The topological polar surface area (TPSA) is 108 Å². The highest BCUT2D eigenvalue weighted by Crippen LogP contribution is 2.16. The summed E-state index contributed by atoms with van der Waals surface area (Å²) in [6.07, 6.45) is -0.220. The number of amides is 2. The molecule has 110 valence electrons. The Morgan fingerprint density at radius 1 is 1.05 bits per heavy atom. The van der Waals surface area contributed by atoms with Gasteiger partial charge in [-0.2, -0.15) is 5.26 Å². The number of anilines is 3. The lowest BCUT2D eigenvalue weighted by Crippen LogP contribution is -2.13. The van der Waals surface area contributed by atoms with Gasteiger partial charge in [-0.15, -0.1) is 0 Å². The van der Waals surface area contributed by atoms with Gasteiger partial charge in [0.1, 0.15) is 6.42 Å². The monoisotopic (exact) mass is 294 g/mol. The van der Waals surface area contributed by atoms with E-state index in [-0.39, 0.29) is 12.3 Å². The van der Waals surface area contributed by atoms with Crippen LogP contribution in [0.5, 0.6) is 0 Å². The van der Waals surface area contributed by atoms with Crippen LogP contribution < -0.4 is 16.4 Å². The molecular weight excluding hydrogens is 280 g/mol. The Morgan fingerprint density at radius 3 is 2.32 bits per heavy atom. The molecular formula is C16H14N4O2. The molecule has 0 unspecified atom stereocenters. The summed E-state index contributed by atoms with van der Waals surface area (Å²) in [5, 5.41) is 13.8. The first-order valence-corrected chi connectivity index (χ1v) is 6.52. The van der Waals surface area contributed by atoms with E-state index >= 15 is 0 Å². The van der Waals surface area contributed by atoms with Crippen LogP contribution in [0.4, 0.5) is 17.1 Å². The van der Waals surface area contributed by atoms with Crippen LogP contribution in [0, 0.1) is 11.3 Å². The van der Waals surface area contributed by atoms with E-state index in [9.17, 15) is 9.59 Å². The van der Waals surface area contributed by atoms with Crippen molar-refractivity contribution in [3.63, 3.8) is 0 Å². The molecule has 0 aliphatic rings. The number of nitrogens with zero attached hydrogens (tertiary/aromatic N) is 1. The standard InChI is InChI=1S/C16H14N4O2/c17-9-8-15(21)19-13-2-1-3-14(10-13)20-16(22)11-4-6-12(18)7-5-11/h1-7,10H,8,18H2,(H,19,21)(H,20,22). The Labute approximate surface area is 127 Å². The molecule has 0 bridgehead atoms. The minimum absolute atomic E-state index is 0.220. The van der Waals surface area contributed by atoms with Crippen molar-refractivity contribution in [1.29, 1.82) is 5.26 Å². The molecule has 0 atom stereocenters. The highest BCUT2D eigenvalue weighted by molar-refractivity contribution is 6.04. The van der Waals surface area contributed by atoms with Crippen molar-refractivity contribution in [3.05, 3.63) is 54.1 Å². The van der Waals surface area contributed by atoms with Crippen LogP contribution >= 0.6 is 0 Å². The quantitative estimate of drug-likeness (QED) is 0.752. The maximum absolute atomic E-state index is 12.1. The van der Waals surface area contributed by atoms with Gasteiger partial charge in [-0.3, -0.25) is 9.59 Å². The summed E-state index contributed by atoms with van der Waals surface area (Å²) in [6.45, 7) is 0. The number of nitrogen functional groups attached to an aromatic ring is 1. The number of rotatable bonds is 4. The van der Waals surface area contributed by atoms with E-state index in [4.69, 9.17) is 11.0 Å². The smallest absolute Gasteiger partial charge is 0.255 e. The molecule has 6 heteroatoms.